The molecule has 0 atom stereocenters. The molecule has 112 valence electrons. The van der Waals surface area contributed by atoms with Crippen LogP contribution in [0.2, 0.25) is 0 Å². The molecule has 2 aromatic rings. The third-order valence-electron chi connectivity index (χ3n) is 3.21. The normalized spacial score (nSPS) is 11.1. The lowest BCUT2D eigenvalue weighted by molar-refractivity contribution is 0.0599. The Kier molecular flexibility index (Phi) is 4.59. The molecule has 0 spiro atoms. The van der Waals surface area contributed by atoms with Crippen molar-refractivity contribution in [1.29, 1.82) is 5.26 Å². The maximum absolute atomic E-state index is 12.3. The predicted molar refractivity (Wildman–Crippen MR) is 83.8 cm³/mol. The molecule has 0 aliphatic rings. The molecule has 2 rings (SSSR count). The summed E-state index contributed by atoms with van der Waals surface area (Å²) in [6.45, 7) is 3.51. The van der Waals surface area contributed by atoms with Crippen LogP contribution < -0.4 is 0 Å². The number of thiophene rings is 1. The Bertz CT molecular complexity index is 792. The maximum Gasteiger partial charge on any atom is 0.340 e. The van der Waals surface area contributed by atoms with Gasteiger partial charge in [-0.25, -0.2) is 4.79 Å². The second kappa shape index (κ2) is 6.41. The third kappa shape index (κ3) is 2.85. The number of methoxy groups -OCH3 is 1. The number of ketones is 1. The molecule has 6 heteroatoms. The Morgan fingerprint density at radius 3 is 2.64 bits per heavy atom. The summed E-state index contributed by atoms with van der Waals surface area (Å²) >= 11 is 1.27. The molecule has 22 heavy (non-hydrogen) atoms. The number of Topliss-reactive ketones (excluding diaryl/α,β-unsaturated/α-hetero) is 1. The van der Waals surface area contributed by atoms with Gasteiger partial charge in [-0.05, 0) is 31.4 Å². The van der Waals surface area contributed by atoms with Crippen molar-refractivity contribution < 1.29 is 14.3 Å². The molecule has 0 aromatic carbocycles. The number of hydrogen-bond acceptors (Lipinski definition) is 5. The van der Waals surface area contributed by atoms with Gasteiger partial charge in [0.2, 0.25) is 5.78 Å². The average Bonchev–Trinajstić information content (AvgIpc) is 3.12. The van der Waals surface area contributed by atoms with Gasteiger partial charge in [-0.1, -0.05) is 6.07 Å². The van der Waals surface area contributed by atoms with Crippen molar-refractivity contribution in [2.24, 2.45) is 0 Å². The van der Waals surface area contributed by atoms with Gasteiger partial charge in [0.25, 0.3) is 0 Å². The smallest absolute Gasteiger partial charge is 0.340 e. The van der Waals surface area contributed by atoms with Crippen LogP contribution in [0.25, 0.3) is 6.08 Å². The Labute approximate surface area is 131 Å². The first-order chi connectivity index (χ1) is 10.5. The van der Waals surface area contributed by atoms with E-state index in [-0.39, 0.29) is 11.4 Å². The number of aromatic nitrogens is 1. The molecule has 0 aliphatic carbocycles. The molecule has 0 radical (unpaired) electrons. The van der Waals surface area contributed by atoms with Crippen LogP contribution in [0.4, 0.5) is 0 Å². The van der Waals surface area contributed by atoms with E-state index in [0.717, 1.165) is 0 Å². The van der Waals surface area contributed by atoms with E-state index < -0.39 is 5.97 Å². The summed E-state index contributed by atoms with van der Waals surface area (Å²) in [6, 6.07) is 5.32. The Morgan fingerprint density at radius 1 is 1.36 bits per heavy atom. The zero-order chi connectivity index (χ0) is 16.3. The molecule has 0 fully saturated rings. The van der Waals surface area contributed by atoms with Crippen LogP contribution in [0.5, 0.6) is 0 Å². The van der Waals surface area contributed by atoms with Gasteiger partial charge in [-0.2, -0.15) is 5.26 Å². The standard InChI is InChI=1S/C16H14N2O3S/c1-9-12(14(10(2)18-9)16(20)21-3)7-11(8-17)15(19)13-5-4-6-22-13/h4-7,18H,1-3H3. The molecule has 0 aliphatic heterocycles. The largest absolute Gasteiger partial charge is 0.465 e. The summed E-state index contributed by atoms with van der Waals surface area (Å²) in [5, 5.41) is 11.1. The van der Waals surface area contributed by atoms with Gasteiger partial charge in [0.1, 0.15) is 11.6 Å². The van der Waals surface area contributed by atoms with E-state index in [1.165, 1.54) is 24.5 Å². The van der Waals surface area contributed by atoms with Crippen LogP contribution in [0.3, 0.4) is 0 Å². The van der Waals surface area contributed by atoms with Crippen molar-refractivity contribution in [3.8, 4) is 6.07 Å². The molecule has 2 heterocycles. The van der Waals surface area contributed by atoms with Gasteiger partial charge in [0.15, 0.2) is 0 Å². The number of ether oxygens (including phenoxy) is 1. The van der Waals surface area contributed by atoms with Crippen molar-refractivity contribution in [3.05, 3.63) is 50.5 Å². The number of aryl methyl sites for hydroxylation is 2. The Balaban J connectivity index is 2.54. The average molecular weight is 314 g/mol. The van der Waals surface area contributed by atoms with Gasteiger partial charge in [0.05, 0.1) is 17.6 Å². The van der Waals surface area contributed by atoms with Crippen LogP contribution in [-0.4, -0.2) is 23.8 Å². The summed E-state index contributed by atoms with van der Waals surface area (Å²) in [6.07, 6.45) is 1.44. The van der Waals surface area contributed by atoms with E-state index in [0.29, 0.717) is 27.4 Å². The van der Waals surface area contributed by atoms with Crippen molar-refractivity contribution in [1.82, 2.24) is 4.98 Å². The van der Waals surface area contributed by atoms with E-state index in [9.17, 15) is 14.9 Å². The number of rotatable bonds is 4. The first-order valence-corrected chi connectivity index (χ1v) is 7.35. The van der Waals surface area contributed by atoms with Crippen LogP contribution in [0, 0.1) is 25.2 Å². The minimum absolute atomic E-state index is 0.0188. The minimum Gasteiger partial charge on any atom is -0.465 e. The van der Waals surface area contributed by atoms with Gasteiger partial charge in [-0.3, -0.25) is 4.79 Å². The van der Waals surface area contributed by atoms with E-state index in [1.54, 1.807) is 31.4 Å². The lowest BCUT2D eigenvalue weighted by Crippen LogP contribution is -2.05. The summed E-state index contributed by atoms with van der Waals surface area (Å²) in [5.41, 5.74) is 2.16. The highest BCUT2D eigenvalue weighted by molar-refractivity contribution is 7.12. The highest BCUT2D eigenvalue weighted by Crippen LogP contribution is 2.24. The fourth-order valence-electron chi connectivity index (χ4n) is 2.18. The monoisotopic (exact) mass is 314 g/mol. The van der Waals surface area contributed by atoms with Crippen LogP contribution >= 0.6 is 11.3 Å². The second-order valence-electron chi connectivity index (χ2n) is 4.63. The fraction of sp³-hybridized carbons (Fsp3) is 0.188. The number of esters is 1. The van der Waals surface area contributed by atoms with E-state index >= 15 is 0 Å². The van der Waals surface area contributed by atoms with Gasteiger partial charge in [0, 0.05) is 17.0 Å². The summed E-state index contributed by atoms with van der Waals surface area (Å²) in [4.78, 5) is 27.7. The number of nitriles is 1. The zero-order valence-corrected chi connectivity index (χ0v) is 13.2. The van der Waals surface area contributed by atoms with Crippen molar-refractivity contribution in [2.45, 2.75) is 13.8 Å². The number of carbonyl (C=O) groups excluding carboxylic acids is 2. The van der Waals surface area contributed by atoms with E-state index in [4.69, 9.17) is 4.74 Å². The second-order valence-corrected chi connectivity index (χ2v) is 5.58. The highest BCUT2D eigenvalue weighted by Gasteiger charge is 2.21. The Morgan fingerprint density at radius 2 is 2.09 bits per heavy atom. The van der Waals surface area contributed by atoms with Crippen molar-refractivity contribution in [2.75, 3.05) is 7.11 Å². The molecule has 5 nitrogen and oxygen atoms in total. The SMILES string of the molecule is COC(=O)c1c(C)[nH]c(C)c1C=C(C#N)C(=O)c1cccs1. The fourth-order valence-corrected chi connectivity index (χ4v) is 2.86. The maximum atomic E-state index is 12.3. The number of nitrogens with one attached hydrogen (secondary N) is 1. The zero-order valence-electron chi connectivity index (χ0n) is 12.4. The first kappa shape index (κ1) is 15.7. The molecular weight excluding hydrogens is 300 g/mol. The van der Waals surface area contributed by atoms with Crippen molar-refractivity contribution in [3.63, 3.8) is 0 Å². The number of carbonyl (C=O) groups is 2. The molecular formula is C16H14N2O3S. The topological polar surface area (TPSA) is 82.9 Å². The lowest BCUT2D eigenvalue weighted by atomic mass is 10.0. The molecule has 0 saturated heterocycles. The predicted octanol–water partition coefficient (Wildman–Crippen LogP) is 3.27. The molecule has 2 aromatic heterocycles. The number of H-pyrrole nitrogens is 1. The van der Waals surface area contributed by atoms with E-state index in [1.807, 2.05) is 6.07 Å². The molecule has 0 saturated carbocycles. The minimum atomic E-state index is -0.506. The summed E-state index contributed by atoms with van der Waals surface area (Å²) in [5.74, 6) is -0.861. The first-order valence-electron chi connectivity index (χ1n) is 6.47. The Hall–Kier alpha value is -2.65. The molecule has 1 N–H and O–H groups in total. The van der Waals surface area contributed by atoms with Crippen molar-refractivity contribution >= 4 is 29.2 Å². The van der Waals surface area contributed by atoms with Gasteiger partial charge in [-0.15, -0.1) is 11.3 Å². The quantitative estimate of drug-likeness (QED) is 0.406. The highest BCUT2D eigenvalue weighted by atomic mass is 32.1. The van der Waals surface area contributed by atoms with Crippen LogP contribution in [-0.2, 0) is 4.74 Å². The van der Waals surface area contributed by atoms with Gasteiger partial charge >= 0.3 is 5.97 Å². The molecule has 0 bridgehead atoms. The van der Waals surface area contributed by atoms with E-state index in [2.05, 4.69) is 4.98 Å². The molecule has 0 amide bonds. The summed E-state index contributed by atoms with van der Waals surface area (Å²) < 4.78 is 4.77. The summed E-state index contributed by atoms with van der Waals surface area (Å²) in [7, 11) is 1.29. The molecule has 0 unspecified atom stereocenters. The third-order valence-corrected chi connectivity index (χ3v) is 4.08. The van der Waals surface area contributed by atoms with Crippen LogP contribution in [0.1, 0.15) is 37.0 Å². The number of nitrogens with zero attached hydrogens (tertiary/aromatic N) is 1. The van der Waals surface area contributed by atoms with Crippen LogP contribution in [0.15, 0.2) is 23.1 Å². The van der Waals surface area contributed by atoms with Gasteiger partial charge < -0.3 is 9.72 Å². The number of aromatic amines is 1. The lowest BCUT2D eigenvalue weighted by Gasteiger charge is -2.02. The number of allylic oxidation sites excluding steroid dienone is 1. The number of hydrogen-bond donors (Lipinski definition) is 1.